The summed E-state index contributed by atoms with van der Waals surface area (Å²) in [5.41, 5.74) is 7.30. The van der Waals surface area contributed by atoms with Crippen LogP contribution < -0.4 is 5.73 Å². The molecule has 0 aromatic carbocycles. The smallest absolute Gasteiger partial charge is 0.358 e. The van der Waals surface area contributed by atoms with Crippen LogP contribution in [0, 0.1) is 0 Å². The Hall–Kier alpha value is -1.88. The highest BCUT2D eigenvalue weighted by atomic mass is 16.5. The molecule has 2 aromatic rings. The maximum Gasteiger partial charge on any atom is 0.358 e. The van der Waals surface area contributed by atoms with Crippen molar-refractivity contribution in [2.75, 3.05) is 6.61 Å². The highest BCUT2D eigenvalue weighted by Gasteiger charge is 2.18. The van der Waals surface area contributed by atoms with Crippen LogP contribution in [0.4, 0.5) is 0 Å². The number of hydrogen-bond acceptors (Lipinski definition) is 4. The van der Waals surface area contributed by atoms with Gasteiger partial charge < -0.3 is 14.9 Å². The molecule has 0 unspecified atom stereocenters. The van der Waals surface area contributed by atoms with Gasteiger partial charge in [0.15, 0.2) is 5.69 Å². The second-order valence-corrected chi connectivity index (χ2v) is 3.26. The summed E-state index contributed by atoms with van der Waals surface area (Å²) in [7, 11) is 0. The number of nitrogens with zero attached hydrogens (tertiary/aromatic N) is 2. The molecule has 0 bridgehead atoms. The topological polar surface area (TPSA) is 69.6 Å². The van der Waals surface area contributed by atoms with Crippen LogP contribution >= 0.6 is 0 Å². The van der Waals surface area contributed by atoms with Crippen molar-refractivity contribution in [3.8, 4) is 0 Å². The van der Waals surface area contributed by atoms with E-state index in [9.17, 15) is 4.79 Å². The zero-order valence-corrected chi connectivity index (χ0v) is 9.01. The van der Waals surface area contributed by atoms with Crippen LogP contribution in [0.2, 0.25) is 0 Å². The maximum atomic E-state index is 11.6. The molecule has 0 saturated heterocycles. The van der Waals surface area contributed by atoms with Crippen molar-refractivity contribution in [2.24, 2.45) is 5.73 Å². The number of rotatable bonds is 3. The molecule has 0 aliphatic carbocycles. The standard InChI is InChI=1S/C11H13N3O2/c1-2-16-11(15)10-8(7-12)14-6-4-3-5-9(14)13-10/h3-6H,2,7,12H2,1H3. The summed E-state index contributed by atoms with van der Waals surface area (Å²) in [6, 6.07) is 5.54. The lowest BCUT2D eigenvalue weighted by atomic mass is 10.3. The second kappa shape index (κ2) is 4.32. The number of ether oxygens (including phenoxy) is 1. The fourth-order valence-electron chi connectivity index (χ4n) is 1.60. The van der Waals surface area contributed by atoms with Gasteiger partial charge in [-0.2, -0.15) is 0 Å². The fraction of sp³-hybridized carbons (Fsp3) is 0.273. The molecule has 2 aromatic heterocycles. The molecule has 5 heteroatoms. The lowest BCUT2D eigenvalue weighted by Gasteiger charge is -2.01. The molecule has 0 aliphatic heterocycles. The van der Waals surface area contributed by atoms with Crippen molar-refractivity contribution in [2.45, 2.75) is 13.5 Å². The molecule has 0 saturated carbocycles. The van der Waals surface area contributed by atoms with Crippen LogP contribution in [-0.2, 0) is 11.3 Å². The zero-order chi connectivity index (χ0) is 11.5. The molecule has 0 radical (unpaired) electrons. The van der Waals surface area contributed by atoms with Gasteiger partial charge in [0.1, 0.15) is 5.65 Å². The van der Waals surface area contributed by atoms with Crippen molar-refractivity contribution >= 4 is 11.6 Å². The molecule has 2 rings (SSSR count). The summed E-state index contributed by atoms with van der Waals surface area (Å²) in [5.74, 6) is -0.424. The second-order valence-electron chi connectivity index (χ2n) is 3.26. The van der Waals surface area contributed by atoms with E-state index >= 15 is 0 Å². The first-order valence-corrected chi connectivity index (χ1v) is 5.11. The van der Waals surface area contributed by atoms with E-state index in [4.69, 9.17) is 10.5 Å². The van der Waals surface area contributed by atoms with Gasteiger partial charge in [-0.05, 0) is 19.1 Å². The average Bonchev–Trinajstić information content (AvgIpc) is 2.67. The number of carbonyl (C=O) groups is 1. The largest absolute Gasteiger partial charge is 0.461 e. The van der Waals surface area contributed by atoms with Crippen molar-refractivity contribution < 1.29 is 9.53 Å². The van der Waals surface area contributed by atoms with E-state index in [1.165, 1.54) is 0 Å². The third kappa shape index (κ3) is 1.65. The van der Waals surface area contributed by atoms with Crippen molar-refractivity contribution in [3.05, 3.63) is 35.8 Å². The Morgan fingerprint density at radius 2 is 2.38 bits per heavy atom. The number of aromatic nitrogens is 2. The van der Waals surface area contributed by atoms with Gasteiger partial charge in [-0.25, -0.2) is 9.78 Å². The lowest BCUT2D eigenvalue weighted by molar-refractivity contribution is 0.0519. The molecule has 0 fully saturated rings. The van der Waals surface area contributed by atoms with Gasteiger partial charge in [0.25, 0.3) is 0 Å². The first kappa shape index (κ1) is 10.6. The van der Waals surface area contributed by atoms with Gasteiger partial charge in [-0.1, -0.05) is 6.07 Å². The minimum Gasteiger partial charge on any atom is -0.461 e. The van der Waals surface area contributed by atoms with Gasteiger partial charge in [-0.15, -0.1) is 0 Å². The lowest BCUT2D eigenvalue weighted by Crippen LogP contribution is -2.11. The van der Waals surface area contributed by atoms with Gasteiger partial charge in [0, 0.05) is 12.7 Å². The Morgan fingerprint density at radius 1 is 1.56 bits per heavy atom. The quantitative estimate of drug-likeness (QED) is 0.781. The Bertz CT molecular complexity index is 519. The third-order valence-corrected chi connectivity index (χ3v) is 2.29. The number of esters is 1. The van der Waals surface area contributed by atoms with Crippen LogP contribution in [0.25, 0.3) is 5.65 Å². The fourth-order valence-corrected chi connectivity index (χ4v) is 1.60. The predicted molar refractivity (Wildman–Crippen MR) is 59.0 cm³/mol. The molecule has 5 nitrogen and oxygen atoms in total. The Balaban J connectivity index is 2.56. The minimum atomic E-state index is -0.424. The molecule has 16 heavy (non-hydrogen) atoms. The highest BCUT2D eigenvalue weighted by molar-refractivity contribution is 5.89. The van der Waals surface area contributed by atoms with E-state index in [2.05, 4.69) is 4.98 Å². The summed E-state index contributed by atoms with van der Waals surface area (Å²) < 4.78 is 6.73. The van der Waals surface area contributed by atoms with Crippen molar-refractivity contribution in [1.82, 2.24) is 9.38 Å². The van der Waals surface area contributed by atoms with E-state index < -0.39 is 5.97 Å². The van der Waals surface area contributed by atoms with Crippen molar-refractivity contribution in [1.29, 1.82) is 0 Å². The average molecular weight is 219 g/mol. The van der Waals surface area contributed by atoms with Crippen LogP contribution in [0.5, 0.6) is 0 Å². The number of pyridine rings is 1. The van der Waals surface area contributed by atoms with E-state index in [1.54, 1.807) is 11.3 Å². The van der Waals surface area contributed by atoms with E-state index in [-0.39, 0.29) is 6.54 Å². The van der Waals surface area contributed by atoms with Crippen LogP contribution in [0.1, 0.15) is 23.1 Å². The van der Waals surface area contributed by atoms with Gasteiger partial charge in [-0.3, -0.25) is 0 Å². The minimum absolute atomic E-state index is 0.249. The maximum absolute atomic E-state index is 11.6. The predicted octanol–water partition coefficient (Wildman–Crippen LogP) is 0.970. The number of fused-ring (bicyclic) bond motifs is 1. The van der Waals surface area contributed by atoms with Gasteiger partial charge in [0.05, 0.1) is 12.3 Å². The van der Waals surface area contributed by atoms with Gasteiger partial charge in [0.2, 0.25) is 0 Å². The molecular weight excluding hydrogens is 206 g/mol. The number of nitrogens with two attached hydrogens (primary N) is 1. The molecule has 0 amide bonds. The number of carbonyl (C=O) groups excluding carboxylic acids is 1. The summed E-state index contributed by atoms with van der Waals surface area (Å²) >= 11 is 0. The Kier molecular flexibility index (Phi) is 2.87. The first-order valence-electron chi connectivity index (χ1n) is 5.11. The summed E-state index contributed by atoms with van der Waals surface area (Å²) in [5, 5.41) is 0. The van der Waals surface area contributed by atoms with Crippen LogP contribution in [0.15, 0.2) is 24.4 Å². The van der Waals surface area contributed by atoms with Crippen LogP contribution in [0.3, 0.4) is 0 Å². The summed E-state index contributed by atoms with van der Waals surface area (Å²) in [6.07, 6.45) is 1.83. The summed E-state index contributed by atoms with van der Waals surface area (Å²) in [4.78, 5) is 15.9. The zero-order valence-electron chi connectivity index (χ0n) is 9.01. The highest BCUT2D eigenvalue weighted by Crippen LogP contribution is 2.13. The monoisotopic (exact) mass is 219 g/mol. The molecule has 2 heterocycles. The number of hydrogen-bond donors (Lipinski definition) is 1. The molecule has 0 atom stereocenters. The van der Waals surface area contributed by atoms with E-state index in [0.29, 0.717) is 23.6 Å². The van der Waals surface area contributed by atoms with E-state index in [0.717, 1.165) is 0 Å². The third-order valence-electron chi connectivity index (χ3n) is 2.29. The SMILES string of the molecule is CCOC(=O)c1nc2ccccn2c1CN. The molecule has 0 aliphatic rings. The van der Waals surface area contributed by atoms with E-state index in [1.807, 2.05) is 24.4 Å². The Morgan fingerprint density at radius 3 is 3.06 bits per heavy atom. The van der Waals surface area contributed by atoms with Crippen LogP contribution in [-0.4, -0.2) is 22.0 Å². The van der Waals surface area contributed by atoms with Crippen molar-refractivity contribution in [3.63, 3.8) is 0 Å². The first-order chi connectivity index (χ1) is 7.77. The normalized spacial score (nSPS) is 10.6. The number of imidazole rings is 1. The molecule has 2 N–H and O–H groups in total. The van der Waals surface area contributed by atoms with Gasteiger partial charge >= 0.3 is 5.97 Å². The molecule has 84 valence electrons. The summed E-state index contributed by atoms with van der Waals surface area (Å²) in [6.45, 7) is 2.34. The molecule has 0 spiro atoms. The molecular formula is C11H13N3O2. The Labute approximate surface area is 92.8 Å².